The van der Waals surface area contributed by atoms with Crippen LogP contribution in [0.25, 0.3) is 0 Å². The molecule has 2 rings (SSSR count). The minimum absolute atomic E-state index is 0.0116. The van der Waals surface area contributed by atoms with Crippen LogP contribution in [0.4, 0.5) is 4.39 Å². The van der Waals surface area contributed by atoms with E-state index in [1.165, 1.54) is 12.1 Å². The lowest BCUT2D eigenvalue weighted by molar-refractivity contribution is -0.118. The second-order valence-electron chi connectivity index (χ2n) is 5.66. The van der Waals surface area contributed by atoms with Crippen LogP contribution in [0.5, 0.6) is 0 Å². The Bertz CT molecular complexity index is 446. The molecule has 0 saturated carbocycles. The largest absolute Gasteiger partial charge is 0.396 e. The molecule has 1 heterocycles. The standard InChI is InChI=1S/C16H22FNO2/c1-12(20)9-16(14-4-6-15(17)7-5-14)18-8-2-3-13(10-18)11-19/h4-7,13,16,19H,2-3,8-11H2,1H3. The highest BCUT2D eigenvalue weighted by Gasteiger charge is 2.27. The van der Waals surface area contributed by atoms with Gasteiger partial charge >= 0.3 is 0 Å². The number of nitrogens with zero attached hydrogens (tertiary/aromatic N) is 1. The topological polar surface area (TPSA) is 40.5 Å². The Balaban J connectivity index is 2.18. The molecule has 1 aromatic carbocycles. The molecule has 1 aliphatic rings. The highest BCUT2D eigenvalue weighted by molar-refractivity contribution is 5.76. The normalized spacial score (nSPS) is 21.6. The maximum absolute atomic E-state index is 13.1. The fourth-order valence-electron chi connectivity index (χ4n) is 2.94. The third kappa shape index (κ3) is 3.87. The van der Waals surface area contributed by atoms with Crippen LogP contribution in [-0.4, -0.2) is 35.5 Å². The Morgan fingerprint density at radius 3 is 2.75 bits per heavy atom. The van der Waals surface area contributed by atoms with E-state index in [0.29, 0.717) is 6.42 Å². The molecule has 0 amide bonds. The fourth-order valence-corrected chi connectivity index (χ4v) is 2.94. The second kappa shape index (κ2) is 6.95. The molecule has 1 N–H and O–H groups in total. The number of rotatable bonds is 5. The summed E-state index contributed by atoms with van der Waals surface area (Å²) < 4.78 is 13.1. The molecule has 110 valence electrons. The van der Waals surface area contributed by atoms with Gasteiger partial charge in [0.05, 0.1) is 0 Å². The molecule has 0 radical (unpaired) electrons. The van der Waals surface area contributed by atoms with Crippen LogP contribution in [0, 0.1) is 11.7 Å². The number of carbonyl (C=O) groups is 1. The van der Waals surface area contributed by atoms with Crippen LogP contribution < -0.4 is 0 Å². The Kier molecular flexibility index (Phi) is 5.26. The molecule has 1 aliphatic heterocycles. The van der Waals surface area contributed by atoms with Crippen LogP contribution >= 0.6 is 0 Å². The number of aliphatic hydroxyl groups is 1. The monoisotopic (exact) mass is 279 g/mol. The number of likely N-dealkylation sites (tertiary alicyclic amines) is 1. The van der Waals surface area contributed by atoms with E-state index in [2.05, 4.69) is 4.90 Å². The van der Waals surface area contributed by atoms with Gasteiger partial charge in [-0.3, -0.25) is 9.69 Å². The van der Waals surface area contributed by atoms with Crippen LogP contribution in [0.2, 0.25) is 0 Å². The van der Waals surface area contributed by atoms with Crippen molar-refractivity contribution in [2.75, 3.05) is 19.7 Å². The second-order valence-corrected chi connectivity index (χ2v) is 5.66. The zero-order chi connectivity index (χ0) is 14.5. The predicted octanol–water partition coefficient (Wildman–Crippen LogP) is 2.55. The highest BCUT2D eigenvalue weighted by Crippen LogP contribution is 2.29. The molecule has 3 nitrogen and oxygen atoms in total. The molecule has 1 fully saturated rings. The van der Waals surface area contributed by atoms with E-state index in [4.69, 9.17) is 0 Å². The van der Waals surface area contributed by atoms with Gasteiger partial charge in [-0.2, -0.15) is 0 Å². The smallest absolute Gasteiger partial charge is 0.131 e. The summed E-state index contributed by atoms with van der Waals surface area (Å²) in [4.78, 5) is 13.8. The molecule has 20 heavy (non-hydrogen) atoms. The highest BCUT2D eigenvalue weighted by atomic mass is 19.1. The number of Topliss-reactive ketones (excluding diaryl/α,β-unsaturated/α-hetero) is 1. The number of halogens is 1. The van der Waals surface area contributed by atoms with Gasteiger partial charge < -0.3 is 5.11 Å². The summed E-state index contributed by atoms with van der Waals surface area (Å²) in [5.74, 6) is 0.145. The van der Waals surface area contributed by atoms with Gasteiger partial charge in [0.1, 0.15) is 11.6 Å². The molecule has 0 bridgehead atoms. The van der Waals surface area contributed by atoms with Gasteiger partial charge in [-0.05, 0) is 49.9 Å². The molecule has 1 saturated heterocycles. The first-order valence-electron chi connectivity index (χ1n) is 7.20. The van der Waals surface area contributed by atoms with E-state index in [-0.39, 0.29) is 30.2 Å². The number of aliphatic hydroxyl groups excluding tert-OH is 1. The Morgan fingerprint density at radius 1 is 1.45 bits per heavy atom. The lowest BCUT2D eigenvalue weighted by Gasteiger charge is -2.37. The fraction of sp³-hybridized carbons (Fsp3) is 0.562. The van der Waals surface area contributed by atoms with Crippen molar-refractivity contribution in [2.24, 2.45) is 5.92 Å². The van der Waals surface area contributed by atoms with Gasteiger partial charge in [-0.15, -0.1) is 0 Å². The summed E-state index contributed by atoms with van der Waals surface area (Å²) >= 11 is 0. The van der Waals surface area contributed by atoms with Gasteiger partial charge in [-0.25, -0.2) is 4.39 Å². The quantitative estimate of drug-likeness (QED) is 0.900. The lowest BCUT2D eigenvalue weighted by atomic mass is 9.93. The van der Waals surface area contributed by atoms with E-state index in [9.17, 15) is 14.3 Å². The van der Waals surface area contributed by atoms with Gasteiger partial charge in [-0.1, -0.05) is 12.1 Å². The van der Waals surface area contributed by atoms with Crippen molar-refractivity contribution in [2.45, 2.75) is 32.2 Å². The number of hydrogen-bond acceptors (Lipinski definition) is 3. The van der Waals surface area contributed by atoms with Crippen LogP contribution in [0.15, 0.2) is 24.3 Å². The van der Waals surface area contributed by atoms with E-state index in [1.54, 1.807) is 19.1 Å². The van der Waals surface area contributed by atoms with Crippen LogP contribution in [-0.2, 0) is 4.79 Å². The summed E-state index contributed by atoms with van der Waals surface area (Å²) in [5.41, 5.74) is 0.972. The van der Waals surface area contributed by atoms with E-state index >= 15 is 0 Å². The summed E-state index contributed by atoms with van der Waals surface area (Å²) in [6, 6.07) is 6.38. The minimum Gasteiger partial charge on any atom is -0.396 e. The van der Waals surface area contributed by atoms with Crippen LogP contribution in [0.1, 0.15) is 37.8 Å². The Hall–Kier alpha value is -1.26. The van der Waals surface area contributed by atoms with E-state index in [0.717, 1.165) is 31.5 Å². The van der Waals surface area contributed by atoms with Crippen molar-refractivity contribution in [3.8, 4) is 0 Å². The molecule has 2 atom stereocenters. The molecule has 1 aromatic rings. The van der Waals surface area contributed by atoms with Crippen molar-refractivity contribution < 1.29 is 14.3 Å². The van der Waals surface area contributed by atoms with Gasteiger partial charge in [0.2, 0.25) is 0 Å². The summed E-state index contributed by atoms with van der Waals surface area (Å²) in [6.07, 6.45) is 2.49. The Labute approximate surface area is 119 Å². The number of hydrogen-bond donors (Lipinski definition) is 1. The SMILES string of the molecule is CC(=O)CC(c1ccc(F)cc1)N1CCCC(CO)C1. The predicted molar refractivity (Wildman–Crippen MR) is 75.8 cm³/mol. The van der Waals surface area contributed by atoms with E-state index < -0.39 is 0 Å². The van der Waals surface area contributed by atoms with E-state index in [1.807, 2.05) is 0 Å². The zero-order valence-electron chi connectivity index (χ0n) is 11.9. The van der Waals surface area contributed by atoms with Crippen molar-refractivity contribution in [1.29, 1.82) is 0 Å². The molecule has 0 aliphatic carbocycles. The van der Waals surface area contributed by atoms with Gasteiger partial charge in [0.25, 0.3) is 0 Å². The van der Waals surface area contributed by atoms with Crippen molar-refractivity contribution in [3.63, 3.8) is 0 Å². The van der Waals surface area contributed by atoms with Crippen molar-refractivity contribution >= 4 is 5.78 Å². The van der Waals surface area contributed by atoms with Gasteiger partial charge in [0.15, 0.2) is 0 Å². The molecule has 0 aromatic heterocycles. The first-order valence-corrected chi connectivity index (χ1v) is 7.20. The van der Waals surface area contributed by atoms with Gasteiger partial charge in [0, 0.05) is 25.6 Å². The maximum atomic E-state index is 13.1. The first kappa shape index (κ1) is 15.1. The number of ketones is 1. The van der Waals surface area contributed by atoms with Crippen LogP contribution in [0.3, 0.4) is 0 Å². The average molecular weight is 279 g/mol. The first-order chi connectivity index (χ1) is 9.60. The molecule has 2 unspecified atom stereocenters. The number of piperidine rings is 1. The summed E-state index contributed by atoms with van der Waals surface area (Å²) in [5, 5.41) is 9.34. The Morgan fingerprint density at radius 2 is 2.15 bits per heavy atom. The number of benzene rings is 1. The summed E-state index contributed by atoms with van der Waals surface area (Å²) in [6.45, 7) is 3.49. The van der Waals surface area contributed by atoms with Crippen molar-refractivity contribution in [1.82, 2.24) is 4.90 Å². The van der Waals surface area contributed by atoms with Crippen molar-refractivity contribution in [3.05, 3.63) is 35.6 Å². The molecular weight excluding hydrogens is 257 g/mol. The molecular formula is C16H22FNO2. The average Bonchev–Trinajstić information content (AvgIpc) is 2.46. The lowest BCUT2D eigenvalue weighted by Crippen LogP contribution is -2.40. The third-order valence-corrected chi connectivity index (χ3v) is 3.98. The molecule has 0 spiro atoms. The number of carbonyl (C=O) groups excluding carboxylic acids is 1. The summed E-state index contributed by atoms with van der Waals surface area (Å²) in [7, 11) is 0. The minimum atomic E-state index is -0.262. The molecule has 4 heteroatoms. The third-order valence-electron chi connectivity index (χ3n) is 3.98. The maximum Gasteiger partial charge on any atom is 0.131 e. The zero-order valence-corrected chi connectivity index (χ0v) is 11.9.